The molecule has 0 radical (unpaired) electrons. The van der Waals surface area contributed by atoms with Gasteiger partial charge in [-0.1, -0.05) is 31.5 Å². The summed E-state index contributed by atoms with van der Waals surface area (Å²) in [4.78, 5) is 0. The summed E-state index contributed by atoms with van der Waals surface area (Å²) in [7, 11) is 0. The Morgan fingerprint density at radius 3 is 2.88 bits per heavy atom. The summed E-state index contributed by atoms with van der Waals surface area (Å²) >= 11 is 6.03. The predicted octanol–water partition coefficient (Wildman–Crippen LogP) is 3.96. The average Bonchev–Trinajstić information content (AvgIpc) is 2.71. The van der Waals surface area contributed by atoms with E-state index in [0.29, 0.717) is 11.5 Å². The fraction of sp³-hybridized carbons (Fsp3) is 0.600. The molecule has 1 nitrogen and oxygen atoms in total. The van der Waals surface area contributed by atoms with Crippen LogP contribution in [0.1, 0.15) is 43.9 Å². The van der Waals surface area contributed by atoms with E-state index in [4.69, 9.17) is 11.6 Å². The van der Waals surface area contributed by atoms with Gasteiger partial charge in [-0.3, -0.25) is 0 Å². The van der Waals surface area contributed by atoms with E-state index >= 15 is 0 Å². The third kappa shape index (κ3) is 2.23. The molecule has 0 bridgehead atoms. The first-order chi connectivity index (χ1) is 8.06. The molecule has 2 heteroatoms. The van der Waals surface area contributed by atoms with Crippen LogP contribution >= 0.6 is 11.6 Å². The summed E-state index contributed by atoms with van der Waals surface area (Å²) in [6.07, 6.45) is 3.77. The molecule has 1 N–H and O–H groups in total. The third-order valence-electron chi connectivity index (χ3n) is 4.51. The lowest BCUT2D eigenvalue weighted by Crippen LogP contribution is -2.22. The van der Waals surface area contributed by atoms with Crippen molar-refractivity contribution in [2.24, 2.45) is 11.3 Å². The maximum Gasteiger partial charge on any atom is 0.0408 e. The maximum absolute atomic E-state index is 6.03. The topological polar surface area (TPSA) is 12.0 Å². The minimum Gasteiger partial charge on any atom is -0.310 e. The van der Waals surface area contributed by atoms with E-state index in [1.54, 1.807) is 0 Å². The number of nitrogens with one attached hydrogen (secondary N) is 1. The molecule has 0 aromatic heterocycles. The highest BCUT2D eigenvalue weighted by Gasteiger charge is 2.45. The van der Waals surface area contributed by atoms with E-state index in [9.17, 15) is 0 Å². The Labute approximate surface area is 109 Å². The Balaban J connectivity index is 1.64. The zero-order valence-corrected chi connectivity index (χ0v) is 11.3. The zero-order valence-electron chi connectivity index (χ0n) is 10.6. The number of aryl methyl sites for hydroxylation is 1. The number of hydrogen-bond acceptors (Lipinski definition) is 1. The summed E-state index contributed by atoms with van der Waals surface area (Å²) in [6.45, 7) is 5.89. The van der Waals surface area contributed by atoms with Crippen molar-refractivity contribution >= 4 is 11.6 Å². The highest BCUT2D eigenvalue weighted by molar-refractivity contribution is 6.30. The van der Waals surface area contributed by atoms with Gasteiger partial charge < -0.3 is 5.32 Å². The molecule has 2 aliphatic carbocycles. The van der Waals surface area contributed by atoms with Gasteiger partial charge in [-0.15, -0.1) is 0 Å². The van der Waals surface area contributed by atoms with Crippen LogP contribution in [-0.4, -0.2) is 6.54 Å². The van der Waals surface area contributed by atoms with Gasteiger partial charge in [-0.2, -0.15) is 0 Å². The second-order valence-corrected chi connectivity index (χ2v) is 6.67. The minimum atomic E-state index is 0.554. The lowest BCUT2D eigenvalue weighted by Gasteiger charge is -2.14. The second kappa shape index (κ2) is 4.00. The van der Waals surface area contributed by atoms with Crippen molar-refractivity contribution in [3.8, 4) is 0 Å². The second-order valence-electron chi connectivity index (χ2n) is 6.23. The molecule has 1 saturated carbocycles. The standard InChI is InChI=1S/C15H20ClN/c1-15(2)8-11(15)9-17-14-6-3-10-7-12(16)4-5-13(10)14/h4-5,7,11,14,17H,3,6,8-9H2,1-2H3. The third-order valence-corrected chi connectivity index (χ3v) is 4.75. The maximum atomic E-state index is 6.03. The number of hydrogen-bond donors (Lipinski definition) is 1. The molecule has 1 aromatic rings. The Kier molecular flexibility index (Phi) is 2.72. The molecule has 0 spiro atoms. The molecule has 2 atom stereocenters. The lowest BCUT2D eigenvalue weighted by atomic mass is 10.1. The van der Waals surface area contributed by atoms with Gasteiger partial charge in [-0.05, 0) is 60.4 Å². The monoisotopic (exact) mass is 249 g/mol. The van der Waals surface area contributed by atoms with Crippen LogP contribution in [0.25, 0.3) is 0 Å². The van der Waals surface area contributed by atoms with E-state index in [1.807, 2.05) is 6.07 Å². The van der Waals surface area contributed by atoms with Crippen molar-refractivity contribution in [3.63, 3.8) is 0 Å². The first-order valence-electron chi connectivity index (χ1n) is 6.58. The quantitative estimate of drug-likeness (QED) is 0.855. The molecule has 1 fully saturated rings. The van der Waals surface area contributed by atoms with Crippen LogP contribution in [0.15, 0.2) is 18.2 Å². The molecule has 1 aromatic carbocycles. The molecule has 2 aliphatic rings. The molecule has 0 saturated heterocycles. The van der Waals surface area contributed by atoms with E-state index in [-0.39, 0.29) is 0 Å². The smallest absolute Gasteiger partial charge is 0.0408 e. The van der Waals surface area contributed by atoms with Crippen molar-refractivity contribution < 1.29 is 0 Å². The minimum absolute atomic E-state index is 0.554. The van der Waals surface area contributed by atoms with Crippen LogP contribution in [0.5, 0.6) is 0 Å². The summed E-state index contributed by atoms with van der Waals surface area (Å²) in [5.41, 5.74) is 3.48. The largest absolute Gasteiger partial charge is 0.310 e. The van der Waals surface area contributed by atoms with Crippen LogP contribution in [0.3, 0.4) is 0 Å². The van der Waals surface area contributed by atoms with Gasteiger partial charge in [0.2, 0.25) is 0 Å². The van der Waals surface area contributed by atoms with Crippen molar-refractivity contribution in [1.29, 1.82) is 0 Å². The van der Waals surface area contributed by atoms with Gasteiger partial charge in [0.1, 0.15) is 0 Å². The van der Waals surface area contributed by atoms with Crippen molar-refractivity contribution in [2.75, 3.05) is 6.54 Å². The molecule has 3 rings (SSSR count). The molecule has 92 valence electrons. The van der Waals surface area contributed by atoms with Gasteiger partial charge >= 0.3 is 0 Å². The Morgan fingerprint density at radius 1 is 1.41 bits per heavy atom. The molecular formula is C15H20ClN. The van der Waals surface area contributed by atoms with E-state index < -0.39 is 0 Å². The van der Waals surface area contributed by atoms with Crippen LogP contribution in [0, 0.1) is 11.3 Å². The molecule has 0 amide bonds. The summed E-state index contributed by atoms with van der Waals surface area (Å²) < 4.78 is 0. The van der Waals surface area contributed by atoms with Gasteiger partial charge in [-0.25, -0.2) is 0 Å². The zero-order chi connectivity index (χ0) is 12.0. The summed E-state index contributed by atoms with van der Waals surface area (Å²) in [5, 5.41) is 4.60. The average molecular weight is 250 g/mol. The van der Waals surface area contributed by atoms with Crippen LogP contribution in [-0.2, 0) is 6.42 Å². The first kappa shape index (κ1) is 11.6. The highest BCUT2D eigenvalue weighted by Crippen LogP contribution is 2.51. The molecule has 0 aliphatic heterocycles. The number of fused-ring (bicyclic) bond motifs is 1. The van der Waals surface area contributed by atoms with E-state index in [0.717, 1.165) is 10.9 Å². The number of halogens is 1. The van der Waals surface area contributed by atoms with E-state index in [1.165, 1.54) is 36.9 Å². The van der Waals surface area contributed by atoms with Crippen molar-refractivity contribution in [1.82, 2.24) is 5.32 Å². The number of rotatable bonds is 3. The number of benzene rings is 1. The molecule has 2 unspecified atom stereocenters. The molecular weight excluding hydrogens is 230 g/mol. The van der Waals surface area contributed by atoms with Crippen molar-refractivity contribution in [2.45, 2.75) is 39.2 Å². The summed E-state index contributed by atoms with van der Waals surface area (Å²) in [5.74, 6) is 0.874. The highest BCUT2D eigenvalue weighted by atomic mass is 35.5. The predicted molar refractivity (Wildman–Crippen MR) is 72.4 cm³/mol. The van der Waals surface area contributed by atoms with E-state index in [2.05, 4.69) is 31.3 Å². The van der Waals surface area contributed by atoms with Crippen LogP contribution in [0.4, 0.5) is 0 Å². The lowest BCUT2D eigenvalue weighted by molar-refractivity contribution is 0.466. The fourth-order valence-corrected chi connectivity index (χ4v) is 3.20. The molecule has 17 heavy (non-hydrogen) atoms. The molecule has 0 heterocycles. The summed E-state index contributed by atoms with van der Waals surface area (Å²) in [6, 6.07) is 6.89. The Hall–Kier alpha value is -0.530. The van der Waals surface area contributed by atoms with Gasteiger partial charge in [0, 0.05) is 11.1 Å². The Morgan fingerprint density at radius 2 is 2.18 bits per heavy atom. The van der Waals surface area contributed by atoms with Gasteiger partial charge in [0.25, 0.3) is 0 Å². The normalized spacial score (nSPS) is 29.1. The fourth-order valence-electron chi connectivity index (χ4n) is 3.01. The van der Waals surface area contributed by atoms with Crippen LogP contribution in [0.2, 0.25) is 5.02 Å². The van der Waals surface area contributed by atoms with Gasteiger partial charge in [0.15, 0.2) is 0 Å². The first-order valence-corrected chi connectivity index (χ1v) is 6.96. The van der Waals surface area contributed by atoms with Gasteiger partial charge in [0.05, 0.1) is 0 Å². The van der Waals surface area contributed by atoms with Crippen LogP contribution < -0.4 is 5.32 Å². The SMILES string of the molecule is CC1(C)CC1CNC1CCc2cc(Cl)ccc21. The Bertz CT molecular complexity index is 439. The van der Waals surface area contributed by atoms with Crippen molar-refractivity contribution in [3.05, 3.63) is 34.3 Å².